The number of nitrogens with zero attached hydrogens (tertiary/aromatic N) is 1. The van der Waals surface area contributed by atoms with Crippen LogP contribution in [0.2, 0.25) is 0 Å². The van der Waals surface area contributed by atoms with E-state index in [2.05, 4.69) is 15.6 Å². The molecule has 0 saturated carbocycles. The van der Waals surface area contributed by atoms with Crippen LogP contribution in [0.5, 0.6) is 0 Å². The molecule has 0 aliphatic rings. The predicted molar refractivity (Wildman–Crippen MR) is 82.5 cm³/mol. The zero-order valence-corrected chi connectivity index (χ0v) is 12.0. The quantitative estimate of drug-likeness (QED) is 0.745. The van der Waals surface area contributed by atoms with Crippen molar-refractivity contribution >= 4 is 28.2 Å². The van der Waals surface area contributed by atoms with Crippen molar-refractivity contribution in [3.63, 3.8) is 0 Å². The minimum atomic E-state index is -0.329. The number of rotatable bonds is 4. The Bertz CT molecular complexity index is 624. The number of carbonyl (C=O) groups excluding carboxylic acids is 1. The zero-order valence-electron chi connectivity index (χ0n) is 12.0. The summed E-state index contributed by atoms with van der Waals surface area (Å²) in [7, 11) is 0. The van der Waals surface area contributed by atoms with E-state index >= 15 is 0 Å². The van der Waals surface area contributed by atoms with Crippen molar-refractivity contribution in [3.05, 3.63) is 30.5 Å². The number of fused-ring (bicyclic) bond motifs is 1. The summed E-state index contributed by atoms with van der Waals surface area (Å²) in [5.74, 6) is -0.0335. The number of hydrogen-bond donors (Lipinski definition) is 3. The molecule has 20 heavy (non-hydrogen) atoms. The molecule has 0 radical (unpaired) electrons. The van der Waals surface area contributed by atoms with E-state index in [-0.39, 0.29) is 18.0 Å². The number of anilines is 2. The van der Waals surface area contributed by atoms with E-state index in [1.807, 2.05) is 39.0 Å². The van der Waals surface area contributed by atoms with Gasteiger partial charge in [0.05, 0.1) is 11.2 Å². The molecule has 0 spiro atoms. The Morgan fingerprint density at radius 2 is 2.00 bits per heavy atom. The molecular weight excluding hydrogens is 252 g/mol. The minimum Gasteiger partial charge on any atom is -0.397 e. The Morgan fingerprint density at radius 3 is 2.70 bits per heavy atom. The molecule has 106 valence electrons. The first-order valence-corrected chi connectivity index (χ1v) is 6.69. The van der Waals surface area contributed by atoms with E-state index in [1.165, 1.54) is 0 Å². The van der Waals surface area contributed by atoms with Crippen molar-refractivity contribution in [3.8, 4) is 0 Å². The average Bonchev–Trinajstić information content (AvgIpc) is 2.41. The van der Waals surface area contributed by atoms with Gasteiger partial charge in [-0.25, -0.2) is 0 Å². The standard InChI is InChI=1S/C15H20N4O/c1-9(2)18-15(20)10(3)19-13-7-6-12(16)14-11(13)5-4-8-17-14/h4-10,19H,16H2,1-3H3,(H,18,20). The highest BCUT2D eigenvalue weighted by atomic mass is 16.2. The van der Waals surface area contributed by atoms with Gasteiger partial charge in [-0.1, -0.05) is 0 Å². The summed E-state index contributed by atoms with van der Waals surface area (Å²) in [6.07, 6.45) is 1.71. The number of nitrogens with one attached hydrogen (secondary N) is 2. The fourth-order valence-electron chi connectivity index (χ4n) is 2.03. The highest BCUT2D eigenvalue weighted by Crippen LogP contribution is 2.26. The van der Waals surface area contributed by atoms with Crippen molar-refractivity contribution in [2.75, 3.05) is 11.1 Å². The molecule has 5 heteroatoms. The van der Waals surface area contributed by atoms with Crippen LogP contribution in [-0.4, -0.2) is 23.0 Å². The van der Waals surface area contributed by atoms with Gasteiger partial charge in [-0.15, -0.1) is 0 Å². The number of aromatic nitrogens is 1. The molecule has 1 aromatic carbocycles. The number of amides is 1. The highest BCUT2D eigenvalue weighted by molar-refractivity contribution is 5.99. The molecule has 0 fully saturated rings. The highest BCUT2D eigenvalue weighted by Gasteiger charge is 2.15. The van der Waals surface area contributed by atoms with Crippen LogP contribution in [0.25, 0.3) is 10.9 Å². The molecule has 4 N–H and O–H groups in total. The number of nitrogen functional groups attached to an aromatic ring is 1. The third kappa shape index (κ3) is 2.99. The van der Waals surface area contributed by atoms with Crippen LogP contribution in [0.3, 0.4) is 0 Å². The summed E-state index contributed by atoms with van der Waals surface area (Å²) in [4.78, 5) is 16.2. The van der Waals surface area contributed by atoms with Crippen LogP contribution in [0.4, 0.5) is 11.4 Å². The van der Waals surface area contributed by atoms with Gasteiger partial charge in [0.2, 0.25) is 5.91 Å². The van der Waals surface area contributed by atoms with Gasteiger partial charge in [-0.3, -0.25) is 9.78 Å². The Morgan fingerprint density at radius 1 is 1.25 bits per heavy atom. The third-order valence-corrected chi connectivity index (χ3v) is 3.00. The zero-order chi connectivity index (χ0) is 14.7. The number of benzene rings is 1. The number of hydrogen-bond acceptors (Lipinski definition) is 4. The summed E-state index contributed by atoms with van der Waals surface area (Å²) >= 11 is 0. The van der Waals surface area contributed by atoms with E-state index in [0.29, 0.717) is 5.69 Å². The first-order chi connectivity index (χ1) is 9.49. The predicted octanol–water partition coefficient (Wildman–Crippen LogP) is 2.14. The van der Waals surface area contributed by atoms with Gasteiger partial charge in [0.25, 0.3) is 0 Å². The lowest BCUT2D eigenvalue weighted by atomic mass is 10.1. The molecule has 1 unspecified atom stereocenters. The summed E-state index contributed by atoms with van der Waals surface area (Å²) < 4.78 is 0. The Kier molecular flexibility index (Phi) is 4.08. The van der Waals surface area contributed by atoms with Gasteiger partial charge in [0.1, 0.15) is 6.04 Å². The molecule has 1 aromatic heterocycles. The van der Waals surface area contributed by atoms with E-state index in [0.717, 1.165) is 16.6 Å². The number of carbonyl (C=O) groups is 1. The monoisotopic (exact) mass is 272 g/mol. The number of nitrogens with two attached hydrogens (primary N) is 1. The Balaban J connectivity index is 2.26. The van der Waals surface area contributed by atoms with Crippen LogP contribution >= 0.6 is 0 Å². The summed E-state index contributed by atoms with van der Waals surface area (Å²) in [5, 5.41) is 7.00. The second kappa shape index (κ2) is 5.77. The molecule has 1 amide bonds. The fourth-order valence-corrected chi connectivity index (χ4v) is 2.03. The van der Waals surface area contributed by atoms with Crippen molar-refractivity contribution < 1.29 is 4.79 Å². The molecule has 2 aromatic rings. The van der Waals surface area contributed by atoms with Crippen LogP contribution in [0.1, 0.15) is 20.8 Å². The van der Waals surface area contributed by atoms with E-state index < -0.39 is 0 Å². The van der Waals surface area contributed by atoms with Crippen molar-refractivity contribution in [1.29, 1.82) is 0 Å². The fraction of sp³-hybridized carbons (Fsp3) is 0.333. The van der Waals surface area contributed by atoms with Gasteiger partial charge >= 0.3 is 0 Å². The maximum atomic E-state index is 11.9. The van der Waals surface area contributed by atoms with Gasteiger partial charge < -0.3 is 16.4 Å². The molecule has 0 aliphatic heterocycles. The van der Waals surface area contributed by atoms with Crippen molar-refractivity contribution in [2.24, 2.45) is 0 Å². The van der Waals surface area contributed by atoms with Gasteiger partial charge in [-0.2, -0.15) is 0 Å². The molecular formula is C15H20N4O. The molecule has 2 rings (SSSR count). The van der Waals surface area contributed by atoms with Gasteiger partial charge in [0.15, 0.2) is 0 Å². The smallest absolute Gasteiger partial charge is 0.242 e. The second-order valence-corrected chi connectivity index (χ2v) is 5.13. The lowest BCUT2D eigenvalue weighted by Crippen LogP contribution is -2.41. The largest absolute Gasteiger partial charge is 0.397 e. The van der Waals surface area contributed by atoms with Gasteiger partial charge in [0, 0.05) is 23.3 Å². The van der Waals surface area contributed by atoms with Crippen molar-refractivity contribution in [1.82, 2.24) is 10.3 Å². The first kappa shape index (κ1) is 14.1. The molecule has 0 saturated heterocycles. The normalized spacial score (nSPS) is 12.4. The summed E-state index contributed by atoms with van der Waals surface area (Å²) in [6.45, 7) is 5.70. The third-order valence-electron chi connectivity index (χ3n) is 3.00. The summed E-state index contributed by atoms with van der Waals surface area (Å²) in [6, 6.07) is 7.25. The first-order valence-electron chi connectivity index (χ1n) is 6.69. The molecule has 0 aliphatic carbocycles. The van der Waals surface area contributed by atoms with E-state index in [1.54, 1.807) is 12.3 Å². The Labute approximate surface area is 118 Å². The topological polar surface area (TPSA) is 80.0 Å². The maximum Gasteiger partial charge on any atom is 0.242 e. The molecule has 0 bridgehead atoms. The van der Waals surface area contributed by atoms with Crippen LogP contribution in [0.15, 0.2) is 30.5 Å². The molecule has 5 nitrogen and oxygen atoms in total. The lowest BCUT2D eigenvalue weighted by Gasteiger charge is -2.18. The summed E-state index contributed by atoms with van der Waals surface area (Å²) in [5.41, 5.74) is 8.14. The van der Waals surface area contributed by atoms with Gasteiger partial charge in [-0.05, 0) is 45.0 Å². The van der Waals surface area contributed by atoms with Crippen LogP contribution in [-0.2, 0) is 4.79 Å². The second-order valence-electron chi connectivity index (χ2n) is 5.13. The minimum absolute atomic E-state index is 0.0335. The van der Waals surface area contributed by atoms with Crippen LogP contribution in [0, 0.1) is 0 Å². The maximum absolute atomic E-state index is 11.9. The molecule has 1 heterocycles. The Hall–Kier alpha value is -2.30. The van der Waals surface area contributed by atoms with E-state index in [4.69, 9.17) is 5.73 Å². The number of pyridine rings is 1. The average molecular weight is 272 g/mol. The van der Waals surface area contributed by atoms with Crippen LogP contribution < -0.4 is 16.4 Å². The van der Waals surface area contributed by atoms with Crippen molar-refractivity contribution in [2.45, 2.75) is 32.9 Å². The van der Waals surface area contributed by atoms with E-state index in [9.17, 15) is 4.79 Å². The molecule has 1 atom stereocenters. The lowest BCUT2D eigenvalue weighted by molar-refractivity contribution is -0.122. The SMILES string of the molecule is CC(C)NC(=O)C(C)Nc1ccc(N)c2ncccc12.